The Labute approximate surface area is 168 Å². The van der Waals surface area contributed by atoms with Gasteiger partial charge in [-0.2, -0.15) is 0 Å². The minimum atomic E-state index is -0.531. The number of hydrogen-bond donors (Lipinski definition) is 1. The van der Waals surface area contributed by atoms with Crippen LogP contribution in [0.4, 0.5) is 4.79 Å². The number of carbonyl (C=O) groups is 2. The molecule has 1 saturated heterocycles. The second-order valence-electron chi connectivity index (χ2n) is 8.77. The number of carbonyl (C=O) groups excluding carboxylic acids is 2. The van der Waals surface area contributed by atoms with Crippen LogP contribution in [0.3, 0.4) is 0 Å². The van der Waals surface area contributed by atoms with Crippen molar-refractivity contribution in [2.75, 3.05) is 19.7 Å². The molecular weight excluding hydrogens is 356 g/mol. The Hall–Kier alpha value is -2.24. The molecule has 2 rings (SSSR count). The maximum atomic E-state index is 12.6. The summed E-state index contributed by atoms with van der Waals surface area (Å²) >= 11 is 0. The largest absolute Gasteiger partial charge is 0.493 e. The van der Waals surface area contributed by atoms with E-state index in [2.05, 4.69) is 19.2 Å². The number of ether oxygens (including phenoxy) is 2. The first kappa shape index (κ1) is 22.1. The molecule has 1 fully saturated rings. The lowest BCUT2D eigenvalue weighted by Crippen LogP contribution is -2.37. The lowest BCUT2D eigenvalue weighted by Gasteiger charge is -2.24. The molecule has 156 valence electrons. The highest BCUT2D eigenvalue weighted by atomic mass is 16.6. The van der Waals surface area contributed by atoms with E-state index in [4.69, 9.17) is 9.47 Å². The number of para-hydroxylation sites is 1. The van der Waals surface area contributed by atoms with Crippen LogP contribution in [0.1, 0.15) is 53.0 Å². The molecule has 1 aliphatic heterocycles. The monoisotopic (exact) mass is 390 g/mol. The third-order valence-corrected chi connectivity index (χ3v) is 4.59. The number of benzene rings is 1. The number of likely N-dealkylation sites (tertiary alicyclic amines) is 1. The molecule has 0 radical (unpaired) electrons. The van der Waals surface area contributed by atoms with Gasteiger partial charge in [0.25, 0.3) is 0 Å². The fourth-order valence-electron chi connectivity index (χ4n) is 2.99. The average molecular weight is 391 g/mol. The first-order valence-electron chi connectivity index (χ1n) is 10.1. The Bertz CT molecular complexity index is 667. The molecule has 1 N–H and O–H groups in total. The molecule has 0 aromatic heterocycles. The average Bonchev–Trinajstić information content (AvgIpc) is 3.09. The van der Waals surface area contributed by atoms with Crippen molar-refractivity contribution >= 4 is 12.0 Å². The van der Waals surface area contributed by atoms with Crippen LogP contribution in [0.2, 0.25) is 0 Å². The van der Waals surface area contributed by atoms with Gasteiger partial charge in [0.15, 0.2) is 0 Å². The zero-order chi connectivity index (χ0) is 20.7. The van der Waals surface area contributed by atoms with Crippen LogP contribution in [0.25, 0.3) is 0 Å². The second-order valence-corrected chi connectivity index (χ2v) is 8.77. The van der Waals surface area contributed by atoms with Crippen molar-refractivity contribution in [2.24, 2.45) is 11.8 Å². The Morgan fingerprint density at radius 3 is 2.64 bits per heavy atom. The number of amides is 2. The molecule has 2 amide bonds. The maximum Gasteiger partial charge on any atom is 0.410 e. The molecule has 28 heavy (non-hydrogen) atoms. The summed E-state index contributed by atoms with van der Waals surface area (Å²) in [6.45, 7) is 11.9. The predicted molar refractivity (Wildman–Crippen MR) is 109 cm³/mol. The third kappa shape index (κ3) is 7.06. The van der Waals surface area contributed by atoms with E-state index in [1.807, 2.05) is 45.0 Å². The van der Waals surface area contributed by atoms with Crippen LogP contribution in [-0.2, 0) is 16.1 Å². The summed E-state index contributed by atoms with van der Waals surface area (Å²) in [5.41, 5.74) is 0.429. The summed E-state index contributed by atoms with van der Waals surface area (Å²) in [5.74, 6) is 1.15. The van der Waals surface area contributed by atoms with Gasteiger partial charge in [-0.1, -0.05) is 32.0 Å². The van der Waals surface area contributed by atoms with E-state index in [1.54, 1.807) is 4.90 Å². The van der Waals surface area contributed by atoms with Crippen molar-refractivity contribution in [1.82, 2.24) is 10.2 Å². The molecule has 1 unspecified atom stereocenters. The molecule has 0 bridgehead atoms. The maximum absolute atomic E-state index is 12.6. The molecule has 1 aliphatic rings. The molecule has 0 aliphatic carbocycles. The van der Waals surface area contributed by atoms with Crippen LogP contribution in [0.5, 0.6) is 5.75 Å². The van der Waals surface area contributed by atoms with Crippen molar-refractivity contribution in [3.05, 3.63) is 29.8 Å². The fraction of sp³-hybridized carbons (Fsp3) is 0.636. The van der Waals surface area contributed by atoms with Gasteiger partial charge in [-0.15, -0.1) is 0 Å². The molecular formula is C22H34N2O4. The van der Waals surface area contributed by atoms with Gasteiger partial charge in [0.1, 0.15) is 11.4 Å². The number of hydrogen-bond acceptors (Lipinski definition) is 4. The van der Waals surface area contributed by atoms with E-state index < -0.39 is 5.60 Å². The van der Waals surface area contributed by atoms with Crippen molar-refractivity contribution in [2.45, 2.75) is 59.6 Å². The van der Waals surface area contributed by atoms with Crippen molar-refractivity contribution in [3.8, 4) is 5.75 Å². The van der Waals surface area contributed by atoms with Gasteiger partial charge in [0.2, 0.25) is 5.91 Å². The van der Waals surface area contributed by atoms with E-state index in [-0.39, 0.29) is 17.9 Å². The molecule has 1 atom stereocenters. The number of nitrogens with zero attached hydrogens (tertiary/aromatic N) is 1. The zero-order valence-electron chi connectivity index (χ0n) is 17.8. The molecule has 0 saturated carbocycles. The predicted octanol–water partition coefficient (Wildman–Crippen LogP) is 3.98. The lowest BCUT2D eigenvalue weighted by atomic mass is 10.1. The van der Waals surface area contributed by atoms with Crippen molar-refractivity contribution < 1.29 is 19.1 Å². The number of rotatable bonds is 7. The van der Waals surface area contributed by atoms with E-state index in [9.17, 15) is 9.59 Å². The van der Waals surface area contributed by atoms with Gasteiger partial charge >= 0.3 is 6.09 Å². The first-order valence-corrected chi connectivity index (χ1v) is 10.1. The van der Waals surface area contributed by atoms with E-state index in [0.29, 0.717) is 38.6 Å². The normalized spacial score (nSPS) is 16.9. The van der Waals surface area contributed by atoms with Gasteiger partial charge in [-0.25, -0.2) is 4.79 Å². The third-order valence-electron chi connectivity index (χ3n) is 4.59. The van der Waals surface area contributed by atoms with E-state index in [0.717, 1.165) is 17.7 Å². The summed E-state index contributed by atoms with van der Waals surface area (Å²) in [4.78, 5) is 26.3. The number of nitrogens with one attached hydrogen (secondary N) is 1. The van der Waals surface area contributed by atoms with Crippen LogP contribution < -0.4 is 10.1 Å². The molecule has 6 nitrogen and oxygen atoms in total. The Morgan fingerprint density at radius 1 is 1.25 bits per heavy atom. The van der Waals surface area contributed by atoms with Crippen molar-refractivity contribution in [3.63, 3.8) is 0 Å². The van der Waals surface area contributed by atoms with Crippen LogP contribution >= 0.6 is 0 Å². The highest BCUT2D eigenvalue weighted by Crippen LogP contribution is 2.21. The summed E-state index contributed by atoms with van der Waals surface area (Å²) in [5, 5.41) is 2.99. The van der Waals surface area contributed by atoms with Gasteiger partial charge in [0, 0.05) is 25.2 Å². The zero-order valence-corrected chi connectivity index (χ0v) is 17.8. The van der Waals surface area contributed by atoms with Crippen LogP contribution in [-0.4, -0.2) is 42.2 Å². The Balaban J connectivity index is 1.84. The molecule has 1 aromatic carbocycles. The second kappa shape index (κ2) is 9.80. The standard InChI is InChI=1S/C22H34N2O4/c1-16(2)11-13-27-19-9-7-6-8-17(19)14-23-20(25)18-10-12-24(15-18)21(26)28-22(3,4)5/h6-9,16,18H,10-15H2,1-5H3,(H,23,25). The van der Waals surface area contributed by atoms with Crippen LogP contribution in [0.15, 0.2) is 24.3 Å². The Morgan fingerprint density at radius 2 is 1.96 bits per heavy atom. The highest BCUT2D eigenvalue weighted by molar-refractivity contribution is 5.80. The van der Waals surface area contributed by atoms with Gasteiger partial charge in [-0.3, -0.25) is 4.79 Å². The Kier molecular flexibility index (Phi) is 7.72. The van der Waals surface area contributed by atoms with Gasteiger partial charge < -0.3 is 19.7 Å². The fourth-order valence-corrected chi connectivity index (χ4v) is 2.99. The minimum Gasteiger partial charge on any atom is -0.493 e. The summed E-state index contributed by atoms with van der Waals surface area (Å²) < 4.78 is 11.3. The van der Waals surface area contributed by atoms with E-state index >= 15 is 0 Å². The first-order chi connectivity index (χ1) is 13.2. The van der Waals surface area contributed by atoms with Gasteiger partial charge in [-0.05, 0) is 45.6 Å². The molecule has 6 heteroatoms. The van der Waals surface area contributed by atoms with E-state index in [1.165, 1.54) is 0 Å². The molecule has 1 aromatic rings. The topological polar surface area (TPSA) is 67.9 Å². The van der Waals surface area contributed by atoms with Crippen molar-refractivity contribution in [1.29, 1.82) is 0 Å². The molecule has 0 spiro atoms. The van der Waals surface area contributed by atoms with Crippen LogP contribution in [0, 0.1) is 11.8 Å². The summed E-state index contributed by atoms with van der Waals surface area (Å²) in [7, 11) is 0. The lowest BCUT2D eigenvalue weighted by molar-refractivity contribution is -0.124. The molecule has 1 heterocycles. The smallest absolute Gasteiger partial charge is 0.410 e. The quantitative estimate of drug-likeness (QED) is 0.764. The minimum absolute atomic E-state index is 0.0388. The highest BCUT2D eigenvalue weighted by Gasteiger charge is 2.33. The summed E-state index contributed by atoms with van der Waals surface area (Å²) in [6, 6.07) is 7.77. The summed E-state index contributed by atoms with van der Waals surface area (Å²) in [6.07, 6.45) is 1.28. The SMILES string of the molecule is CC(C)CCOc1ccccc1CNC(=O)C1CCN(C(=O)OC(C)(C)C)C1. The van der Waals surface area contributed by atoms with Gasteiger partial charge in [0.05, 0.1) is 12.5 Å².